The second kappa shape index (κ2) is 6.33. The second-order valence-electron chi connectivity index (χ2n) is 3.72. The molecule has 4 nitrogen and oxygen atoms in total. The van der Waals surface area contributed by atoms with E-state index in [0.717, 1.165) is 6.08 Å². The molecule has 0 radical (unpaired) electrons. The molecule has 0 spiro atoms. The third kappa shape index (κ3) is 3.42. The number of carboxylic acids is 1. The molecule has 1 rings (SSSR count). The summed E-state index contributed by atoms with van der Waals surface area (Å²) in [7, 11) is 0. The number of rotatable bonds is 5. The summed E-state index contributed by atoms with van der Waals surface area (Å²) in [5, 5.41) is 17.0. The van der Waals surface area contributed by atoms with Gasteiger partial charge in [-0.15, -0.1) is 11.6 Å². The highest BCUT2D eigenvalue weighted by Gasteiger charge is 2.17. The monoisotopic (exact) mass is 268 g/mol. The third-order valence-electron chi connectivity index (χ3n) is 2.42. The van der Waals surface area contributed by atoms with Crippen molar-refractivity contribution in [3.8, 4) is 0 Å². The molecule has 0 amide bonds. The first kappa shape index (κ1) is 14.4. The Morgan fingerprint density at radius 1 is 1.44 bits per heavy atom. The average Bonchev–Trinajstić information content (AvgIpc) is 2.34. The van der Waals surface area contributed by atoms with Crippen LogP contribution in [0.1, 0.15) is 29.0 Å². The van der Waals surface area contributed by atoms with Crippen molar-refractivity contribution in [2.24, 2.45) is 0 Å². The smallest absolute Gasteiger partial charge is 0.328 e. The summed E-state index contributed by atoms with van der Waals surface area (Å²) < 4.78 is 0. The van der Waals surface area contributed by atoms with E-state index in [-0.39, 0.29) is 12.4 Å². The van der Waals surface area contributed by atoms with Gasteiger partial charge in [0.1, 0.15) is 5.38 Å². The minimum Gasteiger partial charge on any atom is -0.478 e. The molecular formula is C13H13ClO4. The summed E-state index contributed by atoms with van der Waals surface area (Å²) >= 11 is 5.98. The van der Waals surface area contributed by atoms with Gasteiger partial charge >= 0.3 is 5.97 Å². The lowest BCUT2D eigenvalue weighted by molar-refractivity contribution is -0.131. The van der Waals surface area contributed by atoms with E-state index in [1.165, 1.54) is 13.0 Å². The predicted molar refractivity (Wildman–Crippen MR) is 68.3 cm³/mol. The first-order valence-corrected chi connectivity index (χ1v) is 5.69. The highest BCUT2D eigenvalue weighted by atomic mass is 35.5. The number of alkyl halides is 1. The third-order valence-corrected chi connectivity index (χ3v) is 2.97. The highest BCUT2D eigenvalue weighted by molar-refractivity contribution is 6.31. The number of ketones is 1. The Morgan fingerprint density at radius 3 is 2.61 bits per heavy atom. The van der Waals surface area contributed by atoms with Crippen LogP contribution in [0, 0.1) is 0 Å². The standard InChI is InChI=1S/C13H13ClO4/c1-8(16)13(14)11-4-2-3-9(7-15)10(11)5-6-12(17)18/h2-6,13,15H,7H2,1H3,(H,17,18). The number of aliphatic hydroxyl groups is 1. The number of aliphatic hydroxyl groups excluding tert-OH is 1. The molecule has 0 fully saturated rings. The van der Waals surface area contributed by atoms with Gasteiger partial charge in [0.15, 0.2) is 5.78 Å². The summed E-state index contributed by atoms with van der Waals surface area (Å²) in [6.45, 7) is 1.10. The van der Waals surface area contributed by atoms with Gasteiger partial charge in [-0.3, -0.25) is 4.79 Å². The molecule has 0 heterocycles. The zero-order valence-corrected chi connectivity index (χ0v) is 10.5. The molecule has 5 heteroatoms. The van der Waals surface area contributed by atoms with Crippen LogP contribution in [0.25, 0.3) is 6.08 Å². The van der Waals surface area contributed by atoms with Gasteiger partial charge in [0.2, 0.25) is 0 Å². The van der Waals surface area contributed by atoms with Gasteiger partial charge < -0.3 is 10.2 Å². The van der Waals surface area contributed by atoms with Crippen LogP contribution in [-0.4, -0.2) is 22.0 Å². The number of halogens is 1. The molecule has 0 aliphatic heterocycles. The van der Waals surface area contributed by atoms with E-state index in [2.05, 4.69) is 0 Å². The summed E-state index contributed by atoms with van der Waals surface area (Å²) in [6, 6.07) is 4.95. The van der Waals surface area contributed by atoms with Gasteiger partial charge in [-0.05, 0) is 29.7 Å². The van der Waals surface area contributed by atoms with Crippen molar-refractivity contribution in [1.82, 2.24) is 0 Å². The van der Waals surface area contributed by atoms with E-state index in [0.29, 0.717) is 16.7 Å². The lowest BCUT2D eigenvalue weighted by Gasteiger charge is -2.13. The Morgan fingerprint density at radius 2 is 2.11 bits per heavy atom. The largest absolute Gasteiger partial charge is 0.478 e. The van der Waals surface area contributed by atoms with Crippen LogP contribution in [0.15, 0.2) is 24.3 Å². The molecule has 0 aliphatic rings. The molecule has 0 aliphatic carbocycles. The summed E-state index contributed by atoms with van der Waals surface area (Å²) in [4.78, 5) is 21.8. The van der Waals surface area contributed by atoms with Crippen LogP contribution >= 0.6 is 11.6 Å². The lowest BCUT2D eigenvalue weighted by atomic mass is 9.97. The molecular weight excluding hydrogens is 256 g/mol. The number of carboxylic acid groups (broad SMARTS) is 1. The topological polar surface area (TPSA) is 74.6 Å². The van der Waals surface area contributed by atoms with Crippen LogP contribution in [0.2, 0.25) is 0 Å². The van der Waals surface area contributed by atoms with Crippen LogP contribution < -0.4 is 0 Å². The van der Waals surface area contributed by atoms with Gasteiger partial charge in [0, 0.05) is 6.08 Å². The van der Waals surface area contributed by atoms with E-state index < -0.39 is 11.3 Å². The Bertz CT molecular complexity index is 494. The fourth-order valence-corrected chi connectivity index (χ4v) is 1.76. The first-order valence-electron chi connectivity index (χ1n) is 5.25. The van der Waals surface area contributed by atoms with E-state index >= 15 is 0 Å². The van der Waals surface area contributed by atoms with Crippen LogP contribution in [0.5, 0.6) is 0 Å². The number of carbonyl (C=O) groups is 2. The SMILES string of the molecule is CC(=O)C(Cl)c1cccc(CO)c1C=CC(=O)O. The fourth-order valence-electron chi connectivity index (χ4n) is 1.57. The van der Waals surface area contributed by atoms with Crippen LogP contribution in [-0.2, 0) is 16.2 Å². The van der Waals surface area contributed by atoms with Gasteiger partial charge in [-0.25, -0.2) is 4.79 Å². The number of hydrogen-bond donors (Lipinski definition) is 2. The lowest BCUT2D eigenvalue weighted by Crippen LogP contribution is -2.05. The molecule has 0 saturated heterocycles. The number of benzene rings is 1. The number of hydrogen-bond acceptors (Lipinski definition) is 3. The van der Waals surface area contributed by atoms with E-state index in [1.54, 1.807) is 18.2 Å². The molecule has 1 atom stereocenters. The maximum atomic E-state index is 11.3. The van der Waals surface area contributed by atoms with Crippen molar-refractivity contribution in [3.63, 3.8) is 0 Å². The molecule has 18 heavy (non-hydrogen) atoms. The molecule has 0 aromatic heterocycles. The normalized spacial score (nSPS) is 12.6. The molecule has 2 N–H and O–H groups in total. The van der Waals surface area contributed by atoms with Crippen molar-refractivity contribution < 1.29 is 19.8 Å². The molecule has 1 aromatic rings. The number of aliphatic carboxylic acids is 1. The second-order valence-corrected chi connectivity index (χ2v) is 4.16. The predicted octanol–water partition coefficient (Wildman–Crippen LogP) is 2.15. The van der Waals surface area contributed by atoms with Crippen molar-refractivity contribution in [3.05, 3.63) is 41.0 Å². The molecule has 96 valence electrons. The van der Waals surface area contributed by atoms with Crippen LogP contribution in [0.4, 0.5) is 0 Å². The van der Waals surface area contributed by atoms with Crippen molar-refractivity contribution >= 4 is 29.4 Å². The maximum Gasteiger partial charge on any atom is 0.328 e. The maximum absolute atomic E-state index is 11.3. The Kier molecular flexibility index (Phi) is 5.07. The molecule has 0 bridgehead atoms. The van der Waals surface area contributed by atoms with Crippen molar-refractivity contribution in [2.45, 2.75) is 18.9 Å². The molecule has 1 unspecified atom stereocenters. The quantitative estimate of drug-likeness (QED) is 0.634. The number of carbonyl (C=O) groups excluding carboxylic acids is 1. The van der Waals surface area contributed by atoms with Gasteiger partial charge in [0.25, 0.3) is 0 Å². The van der Waals surface area contributed by atoms with Gasteiger partial charge in [-0.2, -0.15) is 0 Å². The van der Waals surface area contributed by atoms with Crippen molar-refractivity contribution in [2.75, 3.05) is 0 Å². The minimum absolute atomic E-state index is 0.239. The average molecular weight is 269 g/mol. The Hall–Kier alpha value is -1.65. The highest BCUT2D eigenvalue weighted by Crippen LogP contribution is 2.28. The van der Waals surface area contributed by atoms with Gasteiger partial charge in [0.05, 0.1) is 6.61 Å². The zero-order chi connectivity index (χ0) is 13.7. The van der Waals surface area contributed by atoms with Gasteiger partial charge in [-0.1, -0.05) is 18.2 Å². The summed E-state index contributed by atoms with van der Waals surface area (Å²) in [5.41, 5.74) is 1.49. The fraction of sp³-hybridized carbons (Fsp3) is 0.231. The van der Waals surface area contributed by atoms with Crippen LogP contribution in [0.3, 0.4) is 0 Å². The summed E-state index contributed by atoms with van der Waals surface area (Å²) in [6.07, 6.45) is 2.28. The molecule has 0 saturated carbocycles. The minimum atomic E-state index is -1.11. The van der Waals surface area contributed by atoms with E-state index in [9.17, 15) is 14.7 Å². The zero-order valence-electron chi connectivity index (χ0n) is 9.76. The van der Waals surface area contributed by atoms with E-state index in [4.69, 9.17) is 16.7 Å². The number of Topliss-reactive ketones (excluding diaryl/α,β-unsaturated/α-hetero) is 1. The van der Waals surface area contributed by atoms with E-state index in [1.807, 2.05) is 0 Å². The summed E-state index contributed by atoms with van der Waals surface area (Å²) in [5.74, 6) is -1.35. The Balaban J connectivity index is 3.33. The first-order chi connectivity index (χ1) is 8.47. The Labute approximate surface area is 110 Å². The van der Waals surface area contributed by atoms with Crippen molar-refractivity contribution in [1.29, 1.82) is 0 Å². The molecule has 1 aromatic carbocycles.